The van der Waals surface area contributed by atoms with Crippen LogP contribution in [0.5, 0.6) is 0 Å². The molecule has 2 N–H and O–H groups in total. The molecule has 19 heavy (non-hydrogen) atoms. The average molecular weight is 246 g/mol. The van der Waals surface area contributed by atoms with Gasteiger partial charge in [-0.05, 0) is 24.3 Å². The Hall–Kier alpha value is -2.93. The number of aromatic nitrogens is 2. The molecule has 90 valence electrons. The first-order chi connectivity index (χ1) is 9.28. The third-order valence-electron chi connectivity index (χ3n) is 2.93. The first kappa shape index (κ1) is 11.2. The van der Waals surface area contributed by atoms with Crippen LogP contribution >= 0.6 is 0 Å². The highest BCUT2D eigenvalue weighted by atomic mass is 14.8. The van der Waals surface area contributed by atoms with Crippen molar-refractivity contribution in [3.8, 4) is 17.2 Å². The average Bonchev–Trinajstić information content (AvgIpc) is 2.46. The largest absolute Gasteiger partial charge is 0.384 e. The molecule has 0 aliphatic rings. The zero-order valence-electron chi connectivity index (χ0n) is 10.0. The summed E-state index contributed by atoms with van der Waals surface area (Å²) in [6, 6.07) is 15.3. The van der Waals surface area contributed by atoms with Gasteiger partial charge in [-0.1, -0.05) is 18.2 Å². The van der Waals surface area contributed by atoms with Crippen LogP contribution in [0.4, 0.5) is 5.82 Å². The van der Waals surface area contributed by atoms with Crippen LogP contribution in [0.3, 0.4) is 0 Å². The van der Waals surface area contributed by atoms with Crippen molar-refractivity contribution in [2.75, 3.05) is 5.73 Å². The van der Waals surface area contributed by atoms with E-state index in [1.165, 1.54) is 0 Å². The predicted octanol–water partition coefficient (Wildman–Crippen LogP) is 2.75. The molecular weight excluding hydrogens is 236 g/mol. The SMILES string of the molecule is N#Cc1nc2ccccc2cc1-c1ccc(N)nc1. The molecule has 0 bridgehead atoms. The second-order valence-electron chi connectivity index (χ2n) is 4.16. The molecule has 0 fully saturated rings. The summed E-state index contributed by atoms with van der Waals surface area (Å²) < 4.78 is 0. The molecule has 2 aromatic heterocycles. The highest BCUT2D eigenvalue weighted by Gasteiger charge is 2.08. The molecule has 0 radical (unpaired) electrons. The highest BCUT2D eigenvalue weighted by Crippen LogP contribution is 2.26. The first-order valence-electron chi connectivity index (χ1n) is 5.80. The van der Waals surface area contributed by atoms with Gasteiger partial charge in [0.1, 0.15) is 17.6 Å². The van der Waals surface area contributed by atoms with Gasteiger partial charge in [0.05, 0.1) is 5.52 Å². The van der Waals surface area contributed by atoms with Crippen LogP contribution in [0.15, 0.2) is 48.7 Å². The molecule has 0 aliphatic heterocycles. The van der Waals surface area contributed by atoms with Crippen LogP contribution in [0.25, 0.3) is 22.0 Å². The summed E-state index contributed by atoms with van der Waals surface area (Å²) in [7, 11) is 0. The van der Waals surface area contributed by atoms with Crippen LogP contribution in [0, 0.1) is 11.3 Å². The monoisotopic (exact) mass is 246 g/mol. The molecule has 1 aromatic carbocycles. The highest BCUT2D eigenvalue weighted by molar-refractivity contribution is 5.85. The molecule has 0 saturated heterocycles. The second kappa shape index (κ2) is 4.39. The van der Waals surface area contributed by atoms with Gasteiger partial charge in [-0.3, -0.25) is 0 Å². The van der Waals surface area contributed by atoms with Gasteiger partial charge >= 0.3 is 0 Å². The molecule has 0 spiro atoms. The molecule has 4 heteroatoms. The van der Waals surface area contributed by atoms with Gasteiger partial charge in [-0.2, -0.15) is 5.26 Å². The zero-order valence-corrected chi connectivity index (χ0v) is 10.0. The van der Waals surface area contributed by atoms with Crippen LogP contribution in [-0.4, -0.2) is 9.97 Å². The maximum atomic E-state index is 9.24. The Balaban J connectivity index is 2.27. The summed E-state index contributed by atoms with van der Waals surface area (Å²) in [6.45, 7) is 0. The number of benzene rings is 1. The number of para-hydroxylation sites is 1. The van der Waals surface area contributed by atoms with Gasteiger partial charge in [-0.25, -0.2) is 9.97 Å². The van der Waals surface area contributed by atoms with Crippen molar-refractivity contribution in [1.82, 2.24) is 9.97 Å². The van der Waals surface area contributed by atoms with Gasteiger partial charge < -0.3 is 5.73 Å². The predicted molar refractivity (Wildman–Crippen MR) is 74.1 cm³/mol. The Morgan fingerprint density at radius 3 is 2.68 bits per heavy atom. The van der Waals surface area contributed by atoms with E-state index in [4.69, 9.17) is 5.73 Å². The van der Waals surface area contributed by atoms with Crippen molar-refractivity contribution in [3.63, 3.8) is 0 Å². The summed E-state index contributed by atoms with van der Waals surface area (Å²) in [6.07, 6.45) is 1.65. The molecule has 4 nitrogen and oxygen atoms in total. The topological polar surface area (TPSA) is 75.6 Å². The minimum Gasteiger partial charge on any atom is -0.384 e. The van der Waals surface area contributed by atoms with E-state index >= 15 is 0 Å². The number of hydrogen-bond donors (Lipinski definition) is 1. The van der Waals surface area contributed by atoms with E-state index in [9.17, 15) is 5.26 Å². The summed E-state index contributed by atoms with van der Waals surface area (Å²) >= 11 is 0. The lowest BCUT2D eigenvalue weighted by Crippen LogP contribution is -1.93. The minimum absolute atomic E-state index is 0.394. The molecule has 3 aromatic rings. The van der Waals surface area contributed by atoms with Crippen LogP contribution in [0.2, 0.25) is 0 Å². The molecular formula is C15H10N4. The van der Waals surface area contributed by atoms with Gasteiger partial charge in [0.25, 0.3) is 0 Å². The minimum atomic E-state index is 0.394. The van der Waals surface area contributed by atoms with E-state index in [-0.39, 0.29) is 0 Å². The fourth-order valence-corrected chi connectivity index (χ4v) is 1.99. The molecule has 0 aliphatic carbocycles. The lowest BCUT2D eigenvalue weighted by atomic mass is 10.0. The smallest absolute Gasteiger partial charge is 0.149 e. The zero-order chi connectivity index (χ0) is 13.2. The third kappa shape index (κ3) is 1.98. The third-order valence-corrected chi connectivity index (χ3v) is 2.93. The fraction of sp³-hybridized carbons (Fsp3) is 0. The summed E-state index contributed by atoms with van der Waals surface area (Å²) in [5.74, 6) is 0.455. The van der Waals surface area contributed by atoms with Crippen LogP contribution < -0.4 is 5.73 Å². The Labute approximate surface area is 110 Å². The number of nitrogens with zero attached hydrogens (tertiary/aromatic N) is 3. The number of nitrogen functional groups attached to an aromatic ring is 1. The van der Waals surface area contributed by atoms with Gasteiger partial charge in [0, 0.05) is 22.7 Å². The molecule has 0 saturated carbocycles. The molecule has 3 rings (SSSR count). The van der Waals surface area contributed by atoms with Gasteiger partial charge in [-0.15, -0.1) is 0 Å². The lowest BCUT2D eigenvalue weighted by molar-refractivity contribution is 1.30. The summed E-state index contributed by atoms with van der Waals surface area (Å²) in [4.78, 5) is 8.42. The van der Waals surface area contributed by atoms with Crippen molar-refractivity contribution in [1.29, 1.82) is 5.26 Å². The van der Waals surface area contributed by atoms with E-state index in [0.29, 0.717) is 11.5 Å². The maximum absolute atomic E-state index is 9.24. The van der Waals surface area contributed by atoms with E-state index in [1.54, 1.807) is 12.3 Å². The number of nitriles is 1. The number of hydrogen-bond acceptors (Lipinski definition) is 4. The van der Waals surface area contributed by atoms with Crippen molar-refractivity contribution in [3.05, 3.63) is 54.4 Å². The van der Waals surface area contributed by atoms with Crippen molar-refractivity contribution >= 4 is 16.7 Å². The van der Waals surface area contributed by atoms with Crippen molar-refractivity contribution < 1.29 is 0 Å². The Bertz CT molecular complexity index is 785. The molecule has 0 atom stereocenters. The fourth-order valence-electron chi connectivity index (χ4n) is 1.99. The number of anilines is 1. The quantitative estimate of drug-likeness (QED) is 0.716. The van der Waals surface area contributed by atoms with E-state index < -0.39 is 0 Å². The molecule has 0 amide bonds. The second-order valence-corrected chi connectivity index (χ2v) is 4.16. The Morgan fingerprint density at radius 2 is 1.95 bits per heavy atom. The maximum Gasteiger partial charge on any atom is 0.149 e. The number of rotatable bonds is 1. The lowest BCUT2D eigenvalue weighted by Gasteiger charge is -2.06. The summed E-state index contributed by atoms with van der Waals surface area (Å²) in [5.41, 5.74) is 8.39. The number of fused-ring (bicyclic) bond motifs is 1. The van der Waals surface area contributed by atoms with Crippen molar-refractivity contribution in [2.45, 2.75) is 0 Å². The molecule has 0 unspecified atom stereocenters. The normalized spacial score (nSPS) is 10.3. The van der Waals surface area contributed by atoms with Gasteiger partial charge in [0.2, 0.25) is 0 Å². The first-order valence-corrected chi connectivity index (χ1v) is 5.80. The van der Waals surface area contributed by atoms with E-state index in [1.807, 2.05) is 36.4 Å². The van der Waals surface area contributed by atoms with Crippen LogP contribution in [0.1, 0.15) is 5.69 Å². The number of pyridine rings is 2. The Morgan fingerprint density at radius 1 is 1.11 bits per heavy atom. The van der Waals surface area contributed by atoms with E-state index in [2.05, 4.69) is 16.0 Å². The Kier molecular flexibility index (Phi) is 2.58. The van der Waals surface area contributed by atoms with Crippen molar-refractivity contribution in [2.24, 2.45) is 0 Å². The van der Waals surface area contributed by atoms with Crippen LogP contribution in [-0.2, 0) is 0 Å². The van der Waals surface area contributed by atoms with Gasteiger partial charge in [0.15, 0.2) is 0 Å². The summed E-state index contributed by atoms with van der Waals surface area (Å²) in [5, 5.41) is 10.2. The number of nitrogens with two attached hydrogens (primary N) is 1. The standard InChI is InChI=1S/C15H10N4/c16-8-14-12(11-5-6-15(17)18-9-11)7-10-3-1-2-4-13(10)19-14/h1-7,9H,(H2,17,18). The molecule has 2 heterocycles. The van der Waals surface area contributed by atoms with E-state index in [0.717, 1.165) is 22.0 Å².